The number of carbonyl (C=O) groups excluding carboxylic acids is 1. The lowest BCUT2D eigenvalue weighted by molar-refractivity contribution is -0.135. The molecule has 168 valence electrons. The molecule has 4 aliphatic rings. The number of hydrogen-bond donors (Lipinski definition) is 0. The van der Waals surface area contributed by atoms with E-state index in [9.17, 15) is 10.1 Å². The fourth-order valence-corrected chi connectivity index (χ4v) is 5.13. The third kappa shape index (κ3) is 3.84. The summed E-state index contributed by atoms with van der Waals surface area (Å²) in [5.74, 6) is 2.32. The standard InChI is InChI=1S/C25H27N7O/c26-7-8-31-14-20(13-28-31)21-11-19(12-27)24(29-23(21)17-3-4-17)30-9-10-32(25(33)18-5-6-18)22(15-30)16-1-2-16/h11,13-14,16-18,22H,1-6,8-10,15H2. The second kappa shape index (κ2) is 7.88. The van der Waals surface area contributed by atoms with Crippen molar-refractivity contribution in [1.29, 1.82) is 10.5 Å². The van der Waals surface area contributed by atoms with Gasteiger partial charge in [-0.2, -0.15) is 15.6 Å². The Bertz CT molecular complexity index is 1180. The first-order valence-corrected chi connectivity index (χ1v) is 12.1. The summed E-state index contributed by atoms with van der Waals surface area (Å²) in [7, 11) is 0. The molecule has 0 radical (unpaired) electrons. The fourth-order valence-electron chi connectivity index (χ4n) is 5.13. The highest BCUT2D eigenvalue weighted by molar-refractivity contribution is 5.82. The molecule has 8 heteroatoms. The highest BCUT2D eigenvalue weighted by Gasteiger charge is 2.45. The predicted molar refractivity (Wildman–Crippen MR) is 121 cm³/mol. The predicted octanol–water partition coefficient (Wildman–Crippen LogP) is 3.05. The first-order chi connectivity index (χ1) is 16.2. The number of nitrogens with zero attached hydrogens (tertiary/aromatic N) is 7. The third-order valence-electron chi connectivity index (χ3n) is 7.39. The van der Waals surface area contributed by atoms with Crippen LogP contribution in [0.5, 0.6) is 0 Å². The Hall–Kier alpha value is -3.39. The lowest BCUT2D eigenvalue weighted by Gasteiger charge is -2.43. The molecule has 8 nitrogen and oxygen atoms in total. The molecular formula is C25H27N7O. The van der Waals surface area contributed by atoms with Crippen LogP contribution in [0, 0.1) is 34.5 Å². The number of rotatable bonds is 6. The van der Waals surface area contributed by atoms with Gasteiger partial charge in [0, 0.05) is 48.8 Å². The van der Waals surface area contributed by atoms with Crippen LogP contribution in [0.4, 0.5) is 5.82 Å². The van der Waals surface area contributed by atoms with Crippen LogP contribution in [0.3, 0.4) is 0 Å². The largest absolute Gasteiger partial charge is 0.352 e. The van der Waals surface area contributed by atoms with E-state index in [-0.39, 0.29) is 18.5 Å². The molecule has 1 aliphatic heterocycles. The molecule has 0 N–H and O–H groups in total. The molecule has 2 aromatic rings. The van der Waals surface area contributed by atoms with Gasteiger partial charge in [0.25, 0.3) is 0 Å². The highest BCUT2D eigenvalue weighted by atomic mass is 16.2. The zero-order valence-corrected chi connectivity index (χ0v) is 18.7. The SMILES string of the molecule is N#CCn1cc(-c2cc(C#N)c(N3CCN(C(=O)C4CC4)C(C4CC4)C3)nc2C2CC2)cn1. The van der Waals surface area contributed by atoms with Crippen LogP contribution >= 0.6 is 0 Å². The molecule has 0 spiro atoms. The maximum Gasteiger partial charge on any atom is 0.226 e. The molecule has 2 aromatic heterocycles. The molecule has 4 fully saturated rings. The van der Waals surface area contributed by atoms with Gasteiger partial charge in [0.05, 0.1) is 29.6 Å². The summed E-state index contributed by atoms with van der Waals surface area (Å²) in [6, 6.07) is 6.68. The molecule has 3 aliphatic carbocycles. The van der Waals surface area contributed by atoms with Gasteiger partial charge < -0.3 is 9.80 Å². The van der Waals surface area contributed by atoms with Crippen molar-refractivity contribution in [3.63, 3.8) is 0 Å². The smallest absolute Gasteiger partial charge is 0.226 e. The van der Waals surface area contributed by atoms with Crippen molar-refractivity contribution in [2.75, 3.05) is 24.5 Å². The molecular weight excluding hydrogens is 414 g/mol. The third-order valence-corrected chi connectivity index (χ3v) is 7.39. The summed E-state index contributed by atoms with van der Waals surface area (Å²) in [6.45, 7) is 2.38. The first-order valence-electron chi connectivity index (χ1n) is 12.1. The normalized spacial score (nSPS) is 22.7. The van der Waals surface area contributed by atoms with Crippen molar-refractivity contribution in [3.8, 4) is 23.3 Å². The molecule has 0 aromatic carbocycles. The average Bonchev–Trinajstić information content (AvgIpc) is 3.70. The van der Waals surface area contributed by atoms with E-state index in [4.69, 9.17) is 10.2 Å². The van der Waals surface area contributed by atoms with Crippen molar-refractivity contribution >= 4 is 11.7 Å². The van der Waals surface area contributed by atoms with Crippen LogP contribution in [0.25, 0.3) is 11.1 Å². The van der Waals surface area contributed by atoms with E-state index in [1.54, 1.807) is 10.9 Å². The van der Waals surface area contributed by atoms with Gasteiger partial charge in [-0.05, 0) is 50.5 Å². The number of hydrogen-bond acceptors (Lipinski definition) is 6. The van der Waals surface area contributed by atoms with Gasteiger partial charge in [0.15, 0.2) is 0 Å². The number of nitriles is 2. The first kappa shape index (κ1) is 20.2. The molecule has 6 rings (SSSR count). The van der Waals surface area contributed by atoms with Gasteiger partial charge in [-0.15, -0.1) is 0 Å². The number of aromatic nitrogens is 3. The Balaban J connectivity index is 1.33. The molecule has 33 heavy (non-hydrogen) atoms. The molecule has 1 saturated heterocycles. The second-order valence-corrected chi connectivity index (χ2v) is 9.92. The van der Waals surface area contributed by atoms with Gasteiger partial charge in [0.1, 0.15) is 18.4 Å². The Morgan fingerprint density at radius 3 is 2.61 bits per heavy atom. The number of piperazine rings is 1. The van der Waals surface area contributed by atoms with Gasteiger partial charge in [-0.3, -0.25) is 9.48 Å². The van der Waals surface area contributed by atoms with Crippen molar-refractivity contribution in [2.24, 2.45) is 11.8 Å². The van der Waals surface area contributed by atoms with Gasteiger partial charge in [-0.25, -0.2) is 4.98 Å². The fraction of sp³-hybridized carbons (Fsp3) is 0.560. The Morgan fingerprint density at radius 1 is 1.12 bits per heavy atom. The zero-order chi connectivity index (χ0) is 22.5. The molecule has 3 saturated carbocycles. The monoisotopic (exact) mass is 441 g/mol. The summed E-state index contributed by atoms with van der Waals surface area (Å²) in [5.41, 5.74) is 3.45. The molecule has 3 heterocycles. The summed E-state index contributed by atoms with van der Waals surface area (Å²) in [6.07, 6.45) is 10.3. The summed E-state index contributed by atoms with van der Waals surface area (Å²) >= 11 is 0. The van der Waals surface area contributed by atoms with E-state index >= 15 is 0 Å². The van der Waals surface area contributed by atoms with Crippen molar-refractivity contribution in [2.45, 2.75) is 57.0 Å². The lowest BCUT2D eigenvalue weighted by Crippen LogP contribution is -2.57. The van der Waals surface area contributed by atoms with E-state index in [0.29, 0.717) is 36.4 Å². The maximum absolute atomic E-state index is 12.9. The van der Waals surface area contributed by atoms with Gasteiger partial charge >= 0.3 is 0 Å². The molecule has 1 atom stereocenters. The average molecular weight is 442 g/mol. The van der Waals surface area contributed by atoms with E-state index in [1.165, 1.54) is 12.8 Å². The zero-order valence-electron chi connectivity index (χ0n) is 18.7. The minimum Gasteiger partial charge on any atom is -0.352 e. The highest BCUT2D eigenvalue weighted by Crippen LogP contribution is 2.45. The summed E-state index contributed by atoms with van der Waals surface area (Å²) in [4.78, 5) is 22.4. The Labute approximate surface area is 193 Å². The quantitative estimate of drug-likeness (QED) is 0.683. The lowest BCUT2D eigenvalue weighted by atomic mass is 10.0. The minimum absolute atomic E-state index is 0.196. The second-order valence-electron chi connectivity index (χ2n) is 9.92. The topological polar surface area (TPSA) is 102 Å². The van der Waals surface area contributed by atoms with Crippen LogP contribution in [-0.4, -0.2) is 51.2 Å². The van der Waals surface area contributed by atoms with Gasteiger partial charge in [0.2, 0.25) is 5.91 Å². The van der Waals surface area contributed by atoms with E-state index in [0.717, 1.165) is 54.9 Å². The van der Waals surface area contributed by atoms with Crippen molar-refractivity contribution in [1.82, 2.24) is 19.7 Å². The van der Waals surface area contributed by atoms with Crippen LogP contribution in [0.1, 0.15) is 55.7 Å². The maximum atomic E-state index is 12.9. The number of anilines is 1. The van der Waals surface area contributed by atoms with Crippen LogP contribution < -0.4 is 4.90 Å². The molecule has 1 unspecified atom stereocenters. The minimum atomic E-state index is 0.196. The van der Waals surface area contributed by atoms with Crippen LogP contribution in [0.2, 0.25) is 0 Å². The van der Waals surface area contributed by atoms with Crippen LogP contribution in [0.15, 0.2) is 18.5 Å². The summed E-state index contributed by atoms with van der Waals surface area (Å²) in [5, 5.41) is 23.3. The van der Waals surface area contributed by atoms with E-state index in [2.05, 4.69) is 27.0 Å². The van der Waals surface area contributed by atoms with Crippen molar-refractivity contribution < 1.29 is 4.79 Å². The van der Waals surface area contributed by atoms with E-state index < -0.39 is 0 Å². The molecule has 0 bridgehead atoms. The van der Waals surface area contributed by atoms with Crippen LogP contribution in [-0.2, 0) is 11.3 Å². The Kier molecular flexibility index (Phi) is 4.83. The van der Waals surface area contributed by atoms with Gasteiger partial charge in [-0.1, -0.05) is 0 Å². The van der Waals surface area contributed by atoms with Crippen molar-refractivity contribution in [3.05, 3.63) is 29.7 Å². The number of amides is 1. The Morgan fingerprint density at radius 2 is 1.94 bits per heavy atom. The molecule has 1 amide bonds. The number of pyridine rings is 1. The number of carbonyl (C=O) groups is 1. The summed E-state index contributed by atoms with van der Waals surface area (Å²) < 4.78 is 1.61. The van der Waals surface area contributed by atoms with E-state index in [1.807, 2.05) is 12.3 Å².